The molecule has 1 aliphatic carbocycles. The molecule has 4 aromatic rings. The summed E-state index contributed by atoms with van der Waals surface area (Å²) >= 11 is 6.50. The number of hydrogen-bond acceptors (Lipinski definition) is 7. The highest BCUT2D eigenvalue weighted by molar-refractivity contribution is 6.32. The van der Waals surface area contributed by atoms with Crippen molar-refractivity contribution in [2.75, 3.05) is 24.4 Å². The van der Waals surface area contributed by atoms with Crippen molar-refractivity contribution in [3.63, 3.8) is 0 Å². The number of fused-ring (bicyclic) bond motifs is 1. The molecule has 2 amide bonds. The van der Waals surface area contributed by atoms with Crippen molar-refractivity contribution in [3.8, 4) is 23.0 Å². The summed E-state index contributed by atoms with van der Waals surface area (Å²) in [7, 11) is 1.46. The van der Waals surface area contributed by atoms with E-state index in [1.165, 1.54) is 37.4 Å². The van der Waals surface area contributed by atoms with Gasteiger partial charge in [-0.15, -0.1) is 0 Å². The van der Waals surface area contributed by atoms with Gasteiger partial charge in [-0.2, -0.15) is 0 Å². The highest BCUT2D eigenvalue weighted by Crippen LogP contribution is 2.48. The molecule has 0 spiro atoms. The first-order valence-electron chi connectivity index (χ1n) is 12.9. The van der Waals surface area contributed by atoms with E-state index in [1.807, 2.05) is 0 Å². The molecule has 0 atom stereocenters. The summed E-state index contributed by atoms with van der Waals surface area (Å²) < 4.78 is 30.2. The maximum absolute atomic E-state index is 13.2. The normalized spacial score (nSPS) is 12.9. The summed E-state index contributed by atoms with van der Waals surface area (Å²) in [4.78, 5) is 41.0. The number of ether oxygens (including phenoxy) is 3. The maximum Gasteiger partial charge on any atom is 0.316 e. The van der Waals surface area contributed by atoms with Crippen molar-refractivity contribution in [3.05, 3.63) is 77.7 Å². The Kier molecular flexibility index (Phi) is 9.94. The summed E-state index contributed by atoms with van der Waals surface area (Å²) in [5.41, 5.74) is 0.0735. The topological polar surface area (TPSA) is 136 Å². The van der Waals surface area contributed by atoms with Crippen molar-refractivity contribution in [1.82, 2.24) is 4.98 Å². The molecule has 5 rings (SSSR count). The van der Waals surface area contributed by atoms with Crippen molar-refractivity contribution in [2.24, 2.45) is 5.41 Å². The summed E-state index contributed by atoms with van der Waals surface area (Å²) in [6, 6.07) is 15.0. The average molecular weight is 620 g/mol. The summed E-state index contributed by atoms with van der Waals surface area (Å²) in [6.07, 6.45) is 2.13. The van der Waals surface area contributed by atoms with Gasteiger partial charge in [-0.05, 0) is 67.4 Å². The van der Waals surface area contributed by atoms with Crippen LogP contribution in [0.4, 0.5) is 15.8 Å². The lowest BCUT2D eigenvalue weighted by atomic mass is 10.0. The summed E-state index contributed by atoms with van der Waals surface area (Å²) in [6.45, 7) is -0.0358. The Labute approximate surface area is 266 Å². The monoisotopic (exact) mass is 619 g/mol. The highest BCUT2D eigenvalue weighted by Gasteiger charge is 2.56. The number of anilines is 2. The molecular formula is C30H27ClFMgN3O7. The van der Waals surface area contributed by atoms with Gasteiger partial charge >= 0.3 is 29.0 Å². The lowest BCUT2D eigenvalue weighted by Gasteiger charge is -2.17. The van der Waals surface area contributed by atoms with Gasteiger partial charge in [0.2, 0.25) is 11.8 Å². The second kappa shape index (κ2) is 13.4. The van der Waals surface area contributed by atoms with Crippen LogP contribution in [-0.4, -0.2) is 64.6 Å². The van der Waals surface area contributed by atoms with E-state index in [1.54, 1.807) is 36.5 Å². The van der Waals surface area contributed by atoms with Gasteiger partial charge in [0, 0.05) is 29.0 Å². The second-order valence-electron chi connectivity index (χ2n) is 9.57. The van der Waals surface area contributed by atoms with E-state index in [0.717, 1.165) is 0 Å². The number of carbonyl (C=O) groups is 3. The number of carbonyl (C=O) groups excluding carboxylic acids is 2. The predicted molar refractivity (Wildman–Crippen MR) is 161 cm³/mol. The van der Waals surface area contributed by atoms with E-state index >= 15 is 0 Å². The molecule has 1 heterocycles. The molecule has 43 heavy (non-hydrogen) atoms. The number of carboxylic acid groups (broad SMARTS) is 1. The minimum atomic E-state index is -1.22. The molecule has 0 aliphatic heterocycles. The van der Waals surface area contributed by atoms with Gasteiger partial charge < -0.3 is 30.0 Å². The standard InChI is InChI=1S/C30H25ClFN3O7.Mg.2H/c1-40-25-15-20-22(16-26(25)41-13-9-27(36)37)33-12-8-23(20)42-24-7-6-19(14-21(24)31)35-29(39)30(10-11-30)28(38)34-18-4-2-17(32)3-5-18;;;/h2-8,12,14-16H,9-11,13H2,1H3,(H,34,38)(H,35,39)(H,36,37);;;. The Morgan fingerprint density at radius 2 is 1.60 bits per heavy atom. The van der Waals surface area contributed by atoms with Crippen LogP contribution in [0.15, 0.2) is 66.9 Å². The summed E-state index contributed by atoms with van der Waals surface area (Å²) in [5, 5.41) is 15.1. The van der Waals surface area contributed by atoms with Crippen molar-refractivity contribution >= 4 is 74.7 Å². The minimum absolute atomic E-state index is 0. The molecule has 220 valence electrons. The van der Waals surface area contributed by atoms with Crippen molar-refractivity contribution in [2.45, 2.75) is 19.3 Å². The molecule has 3 aromatic carbocycles. The third kappa shape index (κ3) is 7.27. The smallest absolute Gasteiger partial charge is 0.316 e. The van der Waals surface area contributed by atoms with Crippen LogP contribution in [0, 0.1) is 11.2 Å². The second-order valence-corrected chi connectivity index (χ2v) is 9.97. The van der Waals surface area contributed by atoms with Gasteiger partial charge in [-0.25, -0.2) is 4.39 Å². The van der Waals surface area contributed by atoms with E-state index in [-0.39, 0.29) is 41.1 Å². The Morgan fingerprint density at radius 3 is 2.23 bits per heavy atom. The number of carboxylic acids is 1. The first kappa shape index (κ1) is 31.8. The predicted octanol–water partition coefficient (Wildman–Crippen LogP) is 5.12. The number of benzene rings is 3. The Bertz CT molecular complexity index is 1680. The number of halogens is 2. The summed E-state index contributed by atoms with van der Waals surface area (Å²) in [5.74, 6) is -0.913. The van der Waals surface area contributed by atoms with Gasteiger partial charge in [-0.3, -0.25) is 19.4 Å². The van der Waals surface area contributed by atoms with Crippen LogP contribution in [0.3, 0.4) is 0 Å². The lowest BCUT2D eigenvalue weighted by Crippen LogP contribution is -2.35. The number of hydrogen-bond donors (Lipinski definition) is 3. The number of aromatic nitrogens is 1. The molecule has 1 aliphatic rings. The Balaban J connectivity index is 0.00000423. The molecule has 1 aromatic heterocycles. The SMILES string of the molecule is COc1cc2c(Oc3ccc(NC(=O)C4(C(=O)Nc5ccc(F)cc5)CC4)cc3Cl)ccnc2cc1OCCC(=O)O.[MgH2]. The third-order valence-electron chi connectivity index (χ3n) is 6.69. The van der Waals surface area contributed by atoms with Crippen LogP contribution in [0.5, 0.6) is 23.0 Å². The Morgan fingerprint density at radius 1 is 0.930 bits per heavy atom. The molecule has 13 heteroatoms. The zero-order chi connectivity index (χ0) is 29.9. The number of methoxy groups -OCH3 is 1. The minimum Gasteiger partial charge on any atom is -0.493 e. The molecule has 0 radical (unpaired) electrons. The largest absolute Gasteiger partial charge is 0.493 e. The number of aliphatic carboxylic acids is 1. The first-order chi connectivity index (χ1) is 20.2. The molecular weight excluding hydrogens is 593 g/mol. The average Bonchev–Trinajstić information content (AvgIpc) is 3.78. The van der Waals surface area contributed by atoms with Gasteiger partial charge in [0.1, 0.15) is 22.7 Å². The quantitative estimate of drug-likeness (QED) is 0.155. The fourth-order valence-corrected chi connectivity index (χ4v) is 4.45. The van der Waals surface area contributed by atoms with Gasteiger partial charge in [-0.1, -0.05) is 11.6 Å². The number of pyridine rings is 1. The van der Waals surface area contributed by atoms with Crippen molar-refractivity contribution < 1.29 is 38.1 Å². The van der Waals surface area contributed by atoms with E-state index in [4.69, 9.17) is 30.9 Å². The zero-order valence-corrected chi connectivity index (χ0v) is 23.0. The number of nitrogens with one attached hydrogen (secondary N) is 2. The lowest BCUT2D eigenvalue weighted by molar-refractivity contribution is -0.137. The molecule has 1 saturated carbocycles. The third-order valence-corrected chi connectivity index (χ3v) is 6.99. The maximum atomic E-state index is 13.2. The van der Waals surface area contributed by atoms with Gasteiger partial charge in [0.15, 0.2) is 11.5 Å². The Hall–Kier alpha value is -4.13. The number of nitrogens with zero attached hydrogens (tertiary/aromatic N) is 1. The first-order valence-corrected chi connectivity index (χ1v) is 13.2. The molecule has 0 bridgehead atoms. The van der Waals surface area contributed by atoms with Crippen LogP contribution >= 0.6 is 11.6 Å². The molecule has 0 unspecified atom stereocenters. The molecule has 3 N–H and O–H groups in total. The molecule has 10 nitrogen and oxygen atoms in total. The van der Waals surface area contributed by atoms with Gasteiger partial charge in [0.05, 0.1) is 30.7 Å². The van der Waals surface area contributed by atoms with Gasteiger partial charge in [0.25, 0.3) is 0 Å². The number of rotatable bonds is 11. The molecule has 0 saturated heterocycles. The zero-order valence-electron chi connectivity index (χ0n) is 22.3. The van der Waals surface area contributed by atoms with Crippen LogP contribution in [-0.2, 0) is 14.4 Å². The fraction of sp³-hybridized carbons (Fsp3) is 0.200. The van der Waals surface area contributed by atoms with Crippen LogP contribution in [0.25, 0.3) is 10.9 Å². The van der Waals surface area contributed by atoms with E-state index in [9.17, 15) is 18.8 Å². The van der Waals surface area contributed by atoms with E-state index in [2.05, 4.69) is 15.6 Å². The molecule has 1 fully saturated rings. The van der Waals surface area contributed by atoms with E-state index in [0.29, 0.717) is 58.1 Å². The van der Waals surface area contributed by atoms with Crippen LogP contribution in [0.2, 0.25) is 5.02 Å². The fourth-order valence-electron chi connectivity index (χ4n) is 4.23. The van der Waals surface area contributed by atoms with E-state index < -0.39 is 29.0 Å². The highest BCUT2D eigenvalue weighted by atomic mass is 35.5. The van der Waals surface area contributed by atoms with Crippen molar-refractivity contribution in [1.29, 1.82) is 0 Å². The van der Waals surface area contributed by atoms with Crippen LogP contribution in [0.1, 0.15) is 19.3 Å². The number of amides is 2. The van der Waals surface area contributed by atoms with Crippen LogP contribution < -0.4 is 24.8 Å².